The van der Waals surface area contributed by atoms with Crippen LogP contribution in [0.2, 0.25) is 0 Å². The predicted octanol–water partition coefficient (Wildman–Crippen LogP) is 4.43. The Morgan fingerprint density at radius 3 is 2.26 bits per heavy atom. The van der Waals surface area contributed by atoms with Gasteiger partial charge in [-0.2, -0.15) is 0 Å². The van der Waals surface area contributed by atoms with Gasteiger partial charge >= 0.3 is 5.97 Å². The number of methoxy groups -OCH3 is 1. The molecule has 0 bridgehead atoms. The van der Waals surface area contributed by atoms with Gasteiger partial charge in [0.1, 0.15) is 0 Å². The van der Waals surface area contributed by atoms with Gasteiger partial charge in [-0.25, -0.2) is 4.79 Å². The van der Waals surface area contributed by atoms with Crippen LogP contribution in [0.1, 0.15) is 36.6 Å². The Bertz CT molecular complexity index is 924. The van der Waals surface area contributed by atoms with Gasteiger partial charge in [0.15, 0.2) is 0 Å². The van der Waals surface area contributed by atoms with Gasteiger partial charge in [-0.1, -0.05) is 60.2 Å². The summed E-state index contributed by atoms with van der Waals surface area (Å²) >= 11 is 0. The van der Waals surface area contributed by atoms with Gasteiger partial charge in [0.2, 0.25) is 0 Å². The van der Waals surface area contributed by atoms with Crippen molar-refractivity contribution in [2.24, 2.45) is 0 Å². The first-order valence-corrected chi connectivity index (χ1v) is 8.90. The molecule has 0 aromatic heterocycles. The molecule has 1 heterocycles. The highest BCUT2D eigenvalue weighted by Gasteiger charge is 2.39. The standard InChI is InChI=1S/C23H23NO3/c1-15-10-12-18(13-11-15)14-20-21(23(26)27-4)17(3)24(22(20)25)16(2)19-8-6-5-7-9-19/h5-14,16H,1-4H3/b20-14-/t16-/m0/s1. The van der Waals surface area contributed by atoms with Crippen molar-refractivity contribution < 1.29 is 14.3 Å². The normalized spacial score (nSPS) is 16.8. The molecule has 0 spiro atoms. The zero-order chi connectivity index (χ0) is 19.6. The Balaban J connectivity index is 2.08. The Morgan fingerprint density at radius 2 is 1.67 bits per heavy atom. The summed E-state index contributed by atoms with van der Waals surface area (Å²) < 4.78 is 4.96. The van der Waals surface area contributed by atoms with Gasteiger partial charge in [-0.05, 0) is 38.0 Å². The highest BCUT2D eigenvalue weighted by Crippen LogP contribution is 2.37. The van der Waals surface area contributed by atoms with Gasteiger partial charge in [0, 0.05) is 5.70 Å². The molecular formula is C23H23NO3. The number of amides is 1. The molecule has 0 N–H and O–H groups in total. The van der Waals surface area contributed by atoms with Crippen LogP contribution in [0.15, 0.2) is 71.4 Å². The smallest absolute Gasteiger partial charge is 0.340 e. The molecule has 138 valence electrons. The SMILES string of the molecule is COC(=O)C1=C(C)N([C@@H](C)c2ccccc2)C(=O)/C1=C\c1ccc(C)cc1. The molecule has 0 aliphatic carbocycles. The van der Waals surface area contributed by atoms with E-state index in [-0.39, 0.29) is 11.9 Å². The van der Waals surface area contributed by atoms with E-state index in [1.165, 1.54) is 7.11 Å². The molecule has 2 aromatic carbocycles. The number of benzene rings is 2. The van der Waals surface area contributed by atoms with E-state index < -0.39 is 5.97 Å². The molecule has 4 nitrogen and oxygen atoms in total. The summed E-state index contributed by atoms with van der Waals surface area (Å²) in [6.45, 7) is 5.75. The molecule has 3 rings (SSSR count). The van der Waals surface area contributed by atoms with Crippen molar-refractivity contribution >= 4 is 18.0 Å². The second-order valence-corrected chi connectivity index (χ2v) is 6.68. The number of rotatable bonds is 4. The van der Waals surface area contributed by atoms with E-state index in [0.29, 0.717) is 16.8 Å². The zero-order valence-electron chi connectivity index (χ0n) is 16.0. The fraction of sp³-hybridized carbons (Fsp3) is 0.217. The summed E-state index contributed by atoms with van der Waals surface area (Å²) in [6.07, 6.45) is 1.76. The van der Waals surface area contributed by atoms with E-state index in [1.54, 1.807) is 17.9 Å². The lowest BCUT2D eigenvalue weighted by Crippen LogP contribution is -2.28. The highest BCUT2D eigenvalue weighted by atomic mass is 16.5. The monoisotopic (exact) mass is 361 g/mol. The van der Waals surface area contributed by atoms with Crippen molar-refractivity contribution in [1.29, 1.82) is 0 Å². The molecule has 0 unspecified atom stereocenters. The van der Waals surface area contributed by atoms with Crippen LogP contribution < -0.4 is 0 Å². The Hall–Kier alpha value is -3.14. The number of hydrogen-bond donors (Lipinski definition) is 0. The van der Waals surface area contributed by atoms with Crippen LogP contribution in [0.3, 0.4) is 0 Å². The molecule has 2 aromatic rings. The third kappa shape index (κ3) is 3.56. The number of esters is 1. The molecule has 1 amide bonds. The second kappa shape index (κ2) is 7.62. The number of nitrogens with zero attached hydrogens (tertiary/aromatic N) is 1. The summed E-state index contributed by atoms with van der Waals surface area (Å²) in [7, 11) is 1.33. The molecule has 4 heteroatoms. The van der Waals surface area contributed by atoms with Crippen LogP contribution in [-0.4, -0.2) is 23.9 Å². The third-order valence-electron chi connectivity index (χ3n) is 4.89. The van der Waals surface area contributed by atoms with E-state index in [9.17, 15) is 9.59 Å². The Kier molecular flexibility index (Phi) is 5.26. The number of hydrogen-bond acceptors (Lipinski definition) is 3. The van der Waals surface area contributed by atoms with Crippen LogP contribution in [0, 0.1) is 6.92 Å². The molecule has 1 atom stereocenters. The summed E-state index contributed by atoms with van der Waals surface area (Å²) in [5.41, 5.74) is 4.31. The lowest BCUT2D eigenvalue weighted by molar-refractivity contribution is -0.136. The molecule has 0 saturated carbocycles. The summed E-state index contributed by atoms with van der Waals surface area (Å²) in [5.74, 6) is -0.688. The van der Waals surface area contributed by atoms with E-state index >= 15 is 0 Å². The maximum atomic E-state index is 13.2. The lowest BCUT2D eigenvalue weighted by Gasteiger charge is -2.26. The van der Waals surface area contributed by atoms with Crippen LogP contribution in [-0.2, 0) is 14.3 Å². The van der Waals surface area contributed by atoms with Crippen LogP contribution >= 0.6 is 0 Å². The molecule has 1 aliphatic rings. The maximum Gasteiger partial charge on any atom is 0.340 e. The largest absolute Gasteiger partial charge is 0.465 e. The van der Waals surface area contributed by atoms with Crippen LogP contribution in [0.5, 0.6) is 0 Å². The fourth-order valence-corrected chi connectivity index (χ4v) is 3.37. The van der Waals surface area contributed by atoms with Crippen molar-refractivity contribution in [3.63, 3.8) is 0 Å². The lowest BCUT2D eigenvalue weighted by atomic mass is 10.0. The number of carbonyl (C=O) groups is 2. The Morgan fingerprint density at radius 1 is 1.04 bits per heavy atom. The van der Waals surface area contributed by atoms with Crippen molar-refractivity contribution in [3.05, 3.63) is 88.1 Å². The molecule has 27 heavy (non-hydrogen) atoms. The first kappa shape index (κ1) is 18.6. The Labute approximate surface area is 159 Å². The molecular weight excluding hydrogens is 338 g/mol. The summed E-state index contributed by atoms with van der Waals surface area (Å²) in [4.78, 5) is 27.3. The fourth-order valence-electron chi connectivity index (χ4n) is 3.37. The molecule has 0 fully saturated rings. The number of carbonyl (C=O) groups excluding carboxylic acids is 2. The third-order valence-corrected chi connectivity index (χ3v) is 4.89. The van der Waals surface area contributed by atoms with Crippen molar-refractivity contribution in [2.75, 3.05) is 7.11 Å². The average molecular weight is 361 g/mol. The predicted molar refractivity (Wildman–Crippen MR) is 106 cm³/mol. The van der Waals surface area contributed by atoms with Crippen molar-refractivity contribution in [2.45, 2.75) is 26.8 Å². The maximum absolute atomic E-state index is 13.2. The topological polar surface area (TPSA) is 46.6 Å². The van der Waals surface area contributed by atoms with Gasteiger partial charge in [-0.3, -0.25) is 4.79 Å². The van der Waals surface area contributed by atoms with Gasteiger partial charge in [-0.15, -0.1) is 0 Å². The average Bonchev–Trinajstić information content (AvgIpc) is 2.93. The molecule has 1 aliphatic heterocycles. The van der Waals surface area contributed by atoms with Crippen molar-refractivity contribution in [3.8, 4) is 0 Å². The van der Waals surface area contributed by atoms with Crippen LogP contribution in [0.4, 0.5) is 0 Å². The minimum absolute atomic E-state index is 0.190. The first-order chi connectivity index (χ1) is 12.9. The summed E-state index contributed by atoms with van der Waals surface area (Å²) in [6, 6.07) is 17.4. The van der Waals surface area contributed by atoms with Crippen molar-refractivity contribution in [1.82, 2.24) is 4.90 Å². The van der Waals surface area contributed by atoms with E-state index in [0.717, 1.165) is 16.7 Å². The number of ether oxygens (including phenoxy) is 1. The number of allylic oxidation sites excluding steroid dienone is 1. The van der Waals surface area contributed by atoms with E-state index in [1.807, 2.05) is 68.4 Å². The molecule has 0 radical (unpaired) electrons. The summed E-state index contributed by atoms with van der Waals surface area (Å²) in [5, 5.41) is 0. The quantitative estimate of drug-likeness (QED) is 0.598. The first-order valence-electron chi connectivity index (χ1n) is 8.90. The minimum atomic E-state index is -0.498. The van der Waals surface area contributed by atoms with Gasteiger partial charge < -0.3 is 9.64 Å². The van der Waals surface area contributed by atoms with Crippen LogP contribution in [0.25, 0.3) is 6.08 Å². The van der Waals surface area contributed by atoms with E-state index in [2.05, 4.69) is 0 Å². The highest BCUT2D eigenvalue weighted by molar-refractivity contribution is 6.16. The second-order valence-electron chi connectivity index (χ2n) is 6.68. The van der Waals surface area contributed by atoms with E-state index in [4.69, 9.17) is 4.74 Å². The molecule has 0 saturated heterocycles. The van der Waals surface area contributed by atoms with Gasteiger partial charge in [0.05, 0.1) is 24.3 Å². The minimum Gasteiger partial charge on any atom is -0.465 e. The van der Waals surface area contributed by atoms with Gasteiger partial charge in [0.25, 0.3) is 5.91 Å². The zero-order valence-corrected chi connectivity index (χ0v) is 16.0. The number of aryl methyl sites for hydroxylation is 1.